The van der Waals surface area contributed by atoms with Crippen molar-refractivity contribution in [2.24, 2.45) is 0 Å². The largest absolute Gasteiger partial charge is 0.485 e. The van der Waals surface area contributed by atoms with E-state index in [1.807, 2.05) is 0 Å². The first-order valence-corrected chi connectivity index (χ1v) is 8.22. The van der Waals surface area contributed by atoms with E-state index in [1.165, 1.54) is 12.1 Å². The van der Waals surface area contributed by atoms with E-state index in [2.05, 4.69) is 0 Å². The van der Waals surface area contributed by atoms with Gasteiger partial charge in [0.15, 0.2) is 5.75 Å². The number of hydrogen-bond acceptors (Lipinski definition) is 6. The molecule has 142 valence electrons. The molecule has 1 atom stereocenters. The fraction of sp³-hybridized carbons (Fsp3) is 0.529. The van der Waals surface area contributed by atoms with Crippen molar-refractivity contribution < 1.29 is 29.1 Å². The van der Waals surface area contributed by atoms with Crippen LogP contribution in [0.2, 0.25) is 0 Å². The highest BCUT2D eigenvalue weighted by molar-refractivity contribution is 5.88. The Morgan fingerprint density at radius 3 is 2.65 bits per heavy atom. The quantitative estimate of drug-likeness (QED) is 0.628. The van der Waals surface area contributed by atoms with Crippen molar-refractivity contribution in [3.05, 3.63) is 33.9 Å². The summed E-state index contributed by atoms with van der Waals surface area (Å²) in [7, 11) is 0. The van der Waals surface area contributed by atoms with Gasteiger partial charge in [0.1, 0.15) is 12.2 Å². The van der Waals surface area contributed by atoms with E-state index in [0.29, 0.717) is 13.0 Å². The minimum absolute atomic E-state index is 0.0314. The molecule has 1 amide bonds. The highest BCUT2D eigenvalue weighted by Gasteiger charge is 2.33. The van der Waals surface area contributed by atoms with E-state index in [4.69, 9.17) is 14.6 Å². The molecule has 0 aliphatic carbocycles. The predicted molar refractivity (Wildman–Crippen MR) is 91.5 cm³/mol. The molecule has 1 fully saturated rings. The van der Waals surface area contributed by atoms with Crippen LogP contribution in [-0.4, -0.2) is 51.8 Å². The number of carboxylic acid groups (broad SMARTS) is 1. The summed E-state index contributed by atoms with van der Waals surface area (Å²) in [6.45, 7) is 5.93. The summed E-state index contributed by atoms with van der Waals surface area (Å²) in [6, 6.07) is 3.20. The molecule has 0 saturated carbocycles. The third kappa shape index (κ3) is 4.84. The highest BCUT2D eigenvalue weighted by Crippen LogP contribution is 2.29. The first-order chi connectivity index (χ1) is 12.1. The molecule has 26 heavy (non-hydrogen) atoms. The van der Waals surface area contributed by atoms with E-state index in [1.54, 1.807) is 25.7 Å². The van der Waals surface area contributed by atoms with Gasteiger partial charge in [-0.1, -0.05) is 0 Å². The van der Waals surface area contributed by atoms with E-state index in [0.717, 1.165) is 12.5 Å². The summed E-state index contributed by atoms with van der Waals surface area (Å²) in [6.07, 6.45) is 1.03. The average Bonchev–Trinajstić information content (AvgIpc) is 2.99. The summed E-state index contributed by atoms with van der Waals surface area (Å²) in [5.41, 5.74) is -1.23. The maximum absolute atomic E-state index is 12.3. The molecule has 1 saturated heterocycles. The van der Waals surface area contributed by atoms with Crippen LogP contribution in [-0.2, 0) is 4.74 Å². The number of nitro benzene ring substituents is 1. The van der Waals surface area contributed by atoms with Crippen LogP contribution < -0.4 is 4.74 Å². The number of carboxylic acids is 1. The molecule has 1 aliphatic rings. The molecule has 2 rings (SSSR count). The number of benzene rings is 1. The molecular formula is C17H22N2O7. The molecule has 0 unspecified atom stereocenters. The number of nitro groups is 1. The number of hydrogen-bond donors (Lipinski definition) is 1. The van der Waals surface area contributed by atoms with Gasteiger partial charge in [-0.15, -0.1) is 0 Å². The van der Waals surface area contributed by atoms with Crippen molar-refractivity contribution in [1.29, 1.82) is 0 Å². The first-order valence-electron chi connectivity index (χ1n) is 8.22. The van der Waals surface area contributed by atoms with Crippen molar-refractivity contribution in [1.82, 2.24) is 4.90 Å². The highest BCUT2D eigenvalue weighted by atomic mass is 16.6. The second-order valence-electron chi connectivity index (χ2n) is 7.03. The lowest BCUT2D eigenvalue weighted by Crippen LogP contribution is -2.42. The Bertz CT molecular complexity index is 712. The molecule has 1 aromatic carbocycles. The number of amides is 1. The standard InChI is InChI=1S/C17H22N2O7/c1-17(2,3)26-16(22)18-8-4-5-12(18)10-25-14-7-6-11(15(20)21)9-13(14)19(23)24/h6-7,9,12H,4-5,8,10H2,1-3H3,(H,20,21)/t12-/m0/s1. The van der Waals surface area contributed by atoms with Crippen molar-refractivity contribution in [2.45, 2.75) is 45.3 Å². The van der Waals surface area contributed by atoms with Crippen LogP contribution in [0.4, 0.5) is 10.5 Å². The number of carbonyl (C=O) groups excluding carboxylic acids is 1. The maximum atomic E-state index is 12.3. The van der Waals surface area contributed by atoms with Gasteiger partial charge in [-0.3, -0.25) is 10.1 Å². The Morgan fingerprint density at radius 1 is 1.38 bits per heavy atom. The molecule has 0 bridgehead atoms. The minimum atomic E-state index is -1.26. The molecular weight excluding hydrogens is 344 g/mol. The van der Waals surface area contributed by atoms with E-state index >= 15 is 0 Å². The fourth-order valence-corrected chi connectivity index (χ4v) is 2.67. The fourth-order valence-electron chi connectivity index (χ4n) is 2.67. The van der Waals surface area contributed by atoms with E-state index < -0.39 is 28.3 Å². The number of rotatable bonds is 5. The molecule has 9 heteroatoms. The summed E-state index contributed by atoms with van der Waals surface area (Å²) in [5.74, 6) is -1.29. The second-order valence-corrected chi connectivity index (χ2v) is 7.03. The minimum Gasteiger partial charge on any atom is -0.485 e. The van der Waals surface area contributed by atoms with Crippen molar-refractivity contribution >= 4 is 17.7 Å². The molecule has 1 heterocycles. The SMILES string of the molecule is CC(C)(C)OC(=O)N1CCC[C@H]1COc1ccc(C(=O)O)cc1[N+](=O)[O-]. The zero-order chi connectivity index (χ0) is 19.5. The van der Waals surface area contributed by atoms with Crippen LogP contribution in [0.25, 0.3) is 0 Å². The Morgan fingerprint density at radius 2 is 2.08 bits per heavy atom. The first kappa shape index (κ1) is 19.5. The Balaban J connectivity index is 2.09. The number of carbonyl (C=O) groups is 2. The van der Waals surface area contributed by atoms with Crippen LogP contribution in [0.1, 0.15) is 44.0 Å². The average molecular weight is 366 g/mol. The van der Waals surface area contributed by atoms with Gasteiger partial charge in [-0.05, 0) is 45.7 Å². The molecule has 0 aromatic heterocycles. The van der Waals surface area contributed by atoms with Gasteiger partial charge in [0.2, 0.25) is 0 Å². The molecule has 1 aliphatic heterocycles. The summed E-state index contributed by atoms with van der Waals surface area (Å²) < 4.78 is 10.9. The molecule has 0 radical (unpaired) electrons. The van der Waals surface area contributed by atoms with Gasteiger partial charge in [0.05, 0.1) is 16.5 Å². The Labute approximate surface area is 150 Å². The van der Waals surface area contributed by atoms with Gasteiger partial charge in [0, 0.05) is 12.6 Å². The van der Waals surface area contributed by atoms with Gasteiger partial charge < -0.3 is 19.5 Å². The van der Waals surface area contributed by atoms with E-state index in [-0.39, 0.29) is 24.0 Å². The second kappa shape index (κ2) is 7.59. The summed E-state index contributed by atoms with van der Waals surface area (Å²) in [4.78, 5) is 35.3. The maximum Gasteiger partial charge on any atom is 0.410 e. The number of ether oxygens (including phenoxy) is 2. The van der Waals surface area contributed by atoms with Crippen LogP contribution in [0.5, 0.6) is 5.75 Å². The van der Waals surface area contributed by atoms with Gasteiger partial charge in [0.25, 0.3) is 0 Å². The van der Waals surface area contributed by atoms with E-state index in [9.17, 15) is 19.7 Å². The smallest absolute Gasteiger partial charge is 0.410 e. The normalized spacial score (nSPS) is 17.0. The molecule has 1 N–H and O–H groups in total. The van der Waals surface area contributed by atoms with Crippen LogP contribution in [0.15, 0.2) is 18.2 Å². The molecule has 9 nitrogen and oxygen atoms in total. The van der Waals surface area contributed by atoms with Crippen LogP contribution in [0, 0.1) is 10.1 Å². The Kier molecular flexibility index (Phi) is 5.69. The van der Waals surface area contributed by atoms with Gasteiger partial charge >= 0.3 is 17.7 Å². The number of nitrogens with zero attached hydrogens (tertiary/aromatic N) is 2. The van der Waals surface area contributed by atoms with Crippen molar-refractivity contribution in [2.75, 3.05) is 13.2 Å². The van der Waals surface area contributed by atoms with Gasteiger partial charge in [-0.25, -0.2) is 9.59 Å². The predicted octanol–water partition coefficient (Wildman–Crippen LogP) is 3.07. The van der Waals surface area contributed by atoms with Crippen molar-refractivity contribution in [3.63, 3.8) is 0 Å². The monoisotopic (exact) mass is 366 g/mol. The molecule has 0 spiro atoms. The zero-order valence-electron chi connectivity index (χ0n) is 14.9. The molecule has 1 aromatic rings. The number of likely N-dealkylation sites (tertiary alicyclic amines) is 1. The third-order valence-corrected chi connectivity index (χ3v) is 3.84. The zero-order valence-corrected chi connectivity index (χ0v) is 14.9. The number of aromatic carboxylic acids is 1. The lowest BCUT2D eigenvalue weighted by atomic mass is 10.2. The Hall–Kier alpha value is -2.84. The lowest BCUT2D eigenvalue weighted by Gasteiger charge is -2.28. The van der Waals surface area contributed by atoms with Gasteiger partial charge in [-0.2, -0.15) is 0 Å². The lowest BCUT2D eigenvalue weighted by molar-refractivity contribution is -0.385. The van der Waals surface area contributed by atoms with Crippen LogP contribution in [0.3, 0.4) is 0 Å². The summed E-state index contributed by atoms with van der Waals surface area (Å²) in [5, 5.41) is 20.1. The van der Waals surface area contributed by atoms with Crippen LogP contribution >= 0.6 is 0 Å². The van der Waals surface area contributed by atoms with Crippen molar-refractivity contribution in [3.8, 4) is 5.75 Å². The third-order valence-electron chi connectivity index (χ3n) is 3.84. The summed E-state index contributed by atoms with van der Waals surface area (Å²) >= 11 is 0. The topological polar surface area (TPSA) is 119 Å².